The van der Waals surface area contributed by atoms with Gasteiger partial charge in [0.05, 0.1) is 0 Å². The zero-order valence-electron chi connectivity index (χ0n) is 13.2. The molecule has 0 aromatic heterocycles. The highest BCUT2D eigenvalue weighted by Gasteiger charge is 2.13. The van der Waals surface area contributed by atoms with Crippen LogP contribution in [-0.4, -0.2) is 6.79 Å². The van der Waals surface area contributed by atoms with Crippen molar-refractivity contribution in [2.24, 2.45) is 5.92 Å². The number of allylic oxidation sites excluding steroid dienone is 2. The third kappa shape index (κ3) is 4.03. The molecular formula is C18H26O2. The highest BCUT2D eigenvalue weighted by molar-refractivity contribution is 5.44. The highest BCUT2D eigenvalue weighted by Crippen LogP contribution is 2.33. The molecule has 0 saturated carbocycles. The Balaban J connectivity index is 1.79. The molecule has 0 N–H and O–H groups in total. The summed E-state index contributed by atoms with van der Waals surface area (Å²) >= 11 is 0. The molecule has 2 nitrogen and oxygen atoms in total. The first kappa shape index (κ1) is 15.0. The van der Waals surface area contributed by atoms with Crippen molar-refractivity contribution >= 4 is 0 Å². The van der Waals surface area contributed by atoms with Gasteiger partial charge in [-0.15, -0.1) is 0 Å². The van der Waals surface area contributed by atoms with E-state index in [0.717, 1.165) is 23.8 Å². The Kier molecular flexibility index (Phi) is 5.11. The summed E-state index contributed by atoms with van der Waals surface area (Å²) in [6.07, 6.45) is 4.85. The number of aryl methyl sites for hydroxylation is 1. The van der Waals surface area contributed by atoms with Crippen molar-refractivity contribution in [3.63, 3.8) is 0 Å². The first-order valence-corrected chi connectivity index (χ1v) is 7.57. The largest absolute Gasteiger partial charge is 0.454 e. The van der Waals surface area contributed by atoms with Crippen LogP contribution in [0.1, 0.15) is 52.5 Å². The topological polar surface area (TPSA) is 18.5 Å². The first-order valence-electron chi connectivity index (χ1n) is 7.57. The van der Waals surface area contributed by atoms with Crippen LogP contribution in [0.2, 0.25) is 0 Å². The summed E-state index contributed by atoms with van der Waals surface area (Å²) in [5, 5.41) is 0. The summed E-state index contributed by atoms with van der Waals surface area (Å²) in [5.74, 6) is 2.53. The predicted octanol–water partition coefficient (Wildman–Crippen LogP) is 5.12. The van der Waals surface area contributed by atoms with Crippen LogP contribution in [0.5, 0.6) is 11.5 Å². The van der Waals surface area contributed by atoms with Gasteiger partial charge in [-0.05, 0) is 70.1 Å². The molecule has 20 heavy (non-hydrogen) atoms. The van der Waals surface area contributed by atoms with Gasteiger partial charge in [-0.3, -0.25) is 0 Å². The highest BCUT2D eigenvalue weighted by atomic mass is 16.7. The van der Waals surface area contributed by atoms with Crippen LogP contribution in [0, 0.1) is 5.92 Å². The average Bonchev–Trinajstić information content (AvgIpc) is 2.89. The van der Waals surface area contributed by atoms with E-state index in [1.165, 1.54) is 30.4 Å². The van der Waals surface area contributed by atoms with Gasteiger partial charge in [0, 0.05) is 0 Å². The molecule has 0 spiro atoms. The van der Waals surface area contributed by atoms with E-state index >= 15 is 0 Å². The van der Waals surface area contributed by atoms with Crippen molar-refractivity contribution in [2.75, 3.05) is 6.79 Å². The number of hydrogen-bond acceptors (Lipinski definition) is 2. The van der Waals surface area contributed by atoms with Crippen LogP contribution in [0.15, 0.2) is 29.3 Å². The lowest BCUT2D eigenvalue weighted by molar-refractivity contribution is 0.174. The van der Waals surface area contributed by atoms with Crippen molar-refractivity contribution < 1.29 is 9.47 Å². The van der Waals surface area contributed by atoms with Crippen molar-refractivity contribution in [1.82, 2.24) is 0 Å². The summed E-state index contributed by atoms with van der Waals surface area (Å²) in [4.78, 5) is 0. The zero-order valence-corrected chi connectivity index (χ0v) is 13.2. The van der Waals surface area contributed by atoms with Crippen molar-refractivity contribution in [2.45, 2.75) is 53.4 Å². The maximum Gasteiger partial charge on any atom is 0.231 e. The lowest BCUT2D eigenvalue weighted by Gasteiger charge is -2.12. The van der Waals surface area contributed by atoms with E-state index in [0.29, 0.717) is 6.79 Å². The van der Waals surface area contributed by atoms with Gasteiger partial charge in [-0.25, -0.2) is 0 Å². The third-order valence-corrected chi connectivity index (χ3v) is 4.23. The molecule has 1 aliphatic rings. The Bertz CT molecular complexity index is 484. The molecule has 0 amide bonds. The Labute approximate surface area is 122 Å². The third-order valence-electron chi connectivity index (χ3n) is 4.23. The molecule has 1 heterocycles. The molecule has 0 bridgehead atoms. The van der Waals surface area contributed by atoms with Gasteiger partial charge in [0.2, 0.25) is 6.79 Å². The molecule has 1 aromatic carbocycles. The summed E-state index contributed by atoms with van der Waals surface area (Å²) in [7, 11) is 0. The SMILES string of the molecule is CC(C)=C(C)CCC(C)CCc1ccc2c(c1)OCO2. The van der Waals surface area contributed by atoms with Gasteiger partial charge < -0.3 is 9.47 Å². The second kappa shape index (κ2) is 6.83. The molecule has 0 saturated heterocycles. The second-order valence-corrected chi connectivity index (χ2v) is 6.15. The minimum absolute atomic E-state index is 0.358. The number of benzene rings is 1. The minimum Gasteiger partial charge on any atom is -0.454 e. The molecular weight excluding hydrogens is 248 g/mol. The smallest absolute Gasteiger partial charge is 0.231 e. The van der Waals surface area contributed by atoms with E-state index in [1.807, 2.05) is 6.07 Å². The summed E-state index contributed by atoms with van der Waals surface area (Å²) in [5.41, 5.74) is 4.35. The summed E-state index contributed by atoms with van der Waals surface area (Å²) in [6.45, 7) is 9.36. The molecule has 2 heteroatoms. The minimum atomic E-state index is 0.358. The van der Waals surface area contributed by atoms with Crippen LogP contribution < -0.4 is 9.47 Å². The lowest BCUT2D eigenvalue weighted by atomic mass is 9.94. The van der Waals surface area contributed by atoms with Gasteiger partial charge >= 0.3 is 0 Å². The van der Waals surface area contributed by atoms with E-state index in [-0.39, 0.29) is 0 Å². The molecule has 2 rings (SSSR count). The van der Waals surface area contributed by atoms with Gasteiger partial charge in [0.1, 0.15) is 0 Å². The van der Waals surface area contributed by atoms with Gasteiger partial charge in [-0.2, -0.15) is 0 Å². The Morgan fingerprint density at radius 2 is 1.85 bits per heavy atom. The Morgan fingerprint density at radius 1 is 1.10 bits per heavy atom. The second-order valence-electron chi connectivity index (χ2n) is 6.15. The van der Waals surface area contributed by atoms with E-state index in [9.17, 15) is 0 Å². The maximum atomic E-state index is 5.42. The number of fused-ring (bicyclic) bond motifs is 1. The van der Waals surface area contributed by atoms with Crippen LogP contribution >= 0.6 is 0 Å². The monoisotopic (exact) mass is 274 g/mol. The zero-order chi connectivity index (χ0) is 14.5. The van der Waals surface area contributed by atoms with E-state index in [4.69, 9.17) is 9.47 Å². The van der Waals surface area contributed by atoms with Crippen molar-refractivity contribution in [1.29, 1.82) is 0 Å². The van der Waals surface area contributed by atoms with Gasteiger partial charge in [0.25, 0.3) is 0 Å². The molecule has 0 radical (unpaired) electrons. The fourth-order valence-corrected chi connectivity index (χ4v) is 2.37. The average molecular weight is 274 g/mol. The van der Waals surface area contributed by atoms with Crippen LogP contribution in [-0.2, 0) is 6.42 Å². The lowest BCUT2D eigenvalue weighted by Crippen LogP contribution is -1.98. The van der Waals surface area contributed by atoms with Gasteiger partial charge in [-0.1, -0.05) is 24.1 Å². The first-order chi connectivity index (χ1) is 9.56. The quantitative estimate of drug-likeness (QED) is 0.670. The van der Waals surface area contributed by atoms with Gasteiger partial charge in [0.15, 0.2) is 11.5 Å². The van der Waals surface area contributed by atoms with E-state index < -0.39 is 0 Å². The van der Waals surface area contributed by atoms with Crippen LogP contribution in [0.25, 0.3) is 0 Å². The fraction of sp³-hybridized carbons (Fsp3) is 0.556. The molecule has 0 fully saturated rings. The normalized spacial score (nSPS) is 14.2. The standard InChI is InChI=1S/C18H26O2/c1-13(2)15(4)7-5-14(3)6-8-16-9-10-17-18(11-16)20-12-19-17/h9-11,14H,5-8,12H2,1-4H3. The summed E-state index contributed by atoms with van der Waals surface area (Å²) in [6, 6.07) is 6.30. The molecule has 1 unspecified atom stereocenters. The Morgan fingerprint density at radius 3 is 2.60 bits per heavy atom. The van der Waals surface area contributed by atoms with Crippen LogP contribution in [0.4, 0.5) is 0 Å². The molecule has 110 valence electrons. The molecule has 0 aliphatic carbocycles. The molecule has 1 atom stereocenters. The Hall–Kier alpha value is -1.44. The van der Waals surface area contributed by atoms with Crippen molar-refractivity contribution in [3.8, 4) is 11.5 Å². The number of hydrogen-bond donors (Lipinski definition) is 0. The maximum absolute atomic E-state index is 5.42. The number of rotatable bonds is 6. The predicted molar refractivity (Wildman–Crippen MR) is 83.3 cm³/mol. The van der Waals surface area contributed by atoms with Crippen LogP contribution in [0.3, 0.4) is 0 Å². The molecule has 1 aromatic rings. The van der Waals surface area contributed by atoms with Crippen molar-refractivity contribution in [3.05, 3.63) is 34.9 Å². The van der Waals surface area contributed by atoms with E-state index in [2.05, 4.69) is 39.8 Å². The summed E-state index contributed by atoms with van der Waals surface area (Å²) < 4.78 is 10.8. The fourth-order valence-electron chi connectivity index (χ4n) is 2.37. The number of ether oxygens (including phenoxy) is 2. The van der Waals surface area contributed by atoms with E-state index in [1.54, 1.807) is 5.57 Å². The molecule has 1 aliphatic heterocycles.